The molecule has 0 bridgehead atoms. The summed E-state index contributed by atoms with van der Waals surface area (Å²) in [6.07, 6.45) is -2.16. The van der Waals surface area contributed by atoms with Crippen molar-refractivity contribution in [2.45, 2.75) is 31.9 Å². The molecule has 34 heavy (non-hydrogen) atoms. The smallest absolute Gasteiger partial charge is 0.342 e. The van der Waals surface area contributed by atoms with E-state index in [0.29, 0.717) is 17.6 Å². The van der Waals surface area contributed by atoms with Gasteiger partial charge in [-0.25, -0.2) is 4.39 Å². The second-order valence-electron chi connectivity index (χ2n) is 7.79. The number of carbonyl (C=O) groups is 1. The standard InChI is InChI=1S/C16H16FN3O.C9H7F3O/c1-10(19-15-3-2-4-16(21)20-15)18-14-8-7-12(17)9-13(14)11-5-6-11;1-6(13)7-2-4-8(5-3-7)9(10,11)12/h2-4,7-9,11,18H,1,5-6H2,(H2,19,20,21);2-5H,1H3. The molecule has 1 aliphatic carbocycles. The van der Waals surface area contributed by atoms with Crippen molar-refractivity contribution in [3.63, 3.8) is 0 Å². The van der Waals surface area contributed by atoms with Crippen LogP contribution in [0.5, 0.6) is 0 Å². The first-order chi connectivity index (χ1) is 16.0. The van der Waals surface area contributed by atoms with Gasteiger partial charge in [0, 0.05) is 17.3 Å². The van der Waals surface area contributed by atoms with E-state index < -0.39 is 11.7 Å². The molecule has 1 saturated carbocycles. The van der Waals surface area contributed by atoms with Crippen LogP contribution in [0.25, 0.3) is 0 Å². The molecule has 0 atom stereocenters. The van der Waals surface area contributed by atoms with Crippen molar-refractivity contribution in [2.75, 3.05) is 10.6 Å². The molecule has 1 heterocycles. The maximum Gasteiger partial charge on any atom is 0.416 e. The summed E-state index contributed by atoms with van der Waals surface area (Å²) < 4.78 is 49.5. The predicted molar refractivity (Wildman–Crippen MR) is 123 cm³/mol. The number of rotatable bonds is 6. The molecule has 9 heteroatoms. The van der Waals surface area contributed by atoms with Crippen molar-refractivity contribution in [3.8, 4) is 0 Å². The Kier molecular flexibility index (Phi) is 7.55. The Morgan fingerprint density at radius 1 is 1.03 bits per heavy atom. The van der Waals surface area contributed by atoms with Gasteiger partial charge in [0.1, 0.15) is 17.5 Å². The maximum atomic E-state index is 13.4. The Bertz CT molecular complexity index is 1230. The number of H-pyrrole nitrogens is 1. The van der Waals surface area contributed by atoms with Gasteiger partial charge < -0.3 is 15.6 Å². The van der Waals surface area contributed by atoms with Gasteiger partial charge in [-0.2, -0.15) is 13.2 Å². The van der Waals surface area contributed by atoms with Gasteiger partial charge in [0.25, 0.3) is 0 Å². The number of aromatic nitrogens is 1. The van der Waals surface area contributed by atoms with Gasteiger partial charge >= 0.3 is 6.18 Å². The summed E-state index contributed by atoms with van der Waals surface area (Å²) in [5.74, 6) is 1.02. The fraction of sp³-hybridized carbons (Fsp3) is 0.200. The summed E-state index contributed by atoms with van der Waals surface area (Å²) in [4.78, 5) is 24.6. The number of anilines is 2. The molecule has 1 aliphatic rings. The van der Waals surface area contributed by atoms with Crippen LogP contribution in [0.4, 0.5) is 29.1 Å². The van der Waals surface area contributed by atoms with Crippen molar-refractivity contribution in [1.82, 2.24) is 4.98 Å². The SMILES string of the molecule is C=C(Nc1cccc(=O)[nH]1)Nc1ccc(F)cc1C1CC1.CC(=O)c1ccc(C(F)(F)F)cc1. The zero-order chi connectivity index (χ0) is 24.9. The Morgan fingerprint density at radius 2 is 1.71 bits per heavy atom. The fourth-order valence-corrected chi connectivity index (χ4v) is 3.15. The monoisotopic (exact) mass is 473 g/mol. The molecule has 0 aliphatic heterocycles. The van der Waals surface area contributed by atoms with Crippen molar-refractivity contribution < 1.29 is 22.4 Å². The lowest BCUT2D eigenvalue weighted by Gasteiger charge is -2.15. The van der Waals surface area contributed by atoms with Crippen LogP contribution < -0.4 is 16.2 Å². The van der Waals surface area contributed by atoms with Crippen molar-refractivity contribution in [1.29, 1.82) is 0 Å². The van der Waals surface area contributed by atoms with E-state index in [1.807, 2.05) is 0 Å². The lowest BCUT2D eigenvalue weighted by atomic mass is 10.1. The number of halogens is 4. The highest BCUT2D eigenvalue weighted by Gasteiger charge is 2.30. The van der Waals surface area contributed by atoms with E-state index in [1.54, 1.807) is 24.3 Å². The lowest BCUT2D eigenvalue weighted by Crippen LogP contribution is -2.13. The van der Waals surface area contributed by atoms with Gasteiger partial charge in [-0.15, -0.1) is 0 Å². The molecule has 0 radical (unpaired) electrons. The van der Waals surface area contributed by atoms with Crippen LogP contribution in [-0.2, 0) is 6.18 Å². The summed E-state index contributed by atoms with van der Waals surface area (Å²) in [7, 11) is 0. The van der Waals surface area contributed by atoms with Gasteiger partial charge in [-0.1, -0.05) is 24.8 Å². The van der Waals surface area contributed by atoms with Crippen LogP contribution in [0.2, 0.25) is 0 Å². The highest BCUT2D eigenvalue weighted by molar-refractivity contribution is 5.94. The van der Waals surface area contributed by atoms with E-state index in [-0.39, 0.29) is 22.7 Å². The number of hydrogen-bond acceptors (Lipinski definition) is 4. The van der Waals surface area contributed by atoms with Crippen molar-refractivity contribution in [2.24, 2.45) is 0 Å². The first-order valence-corrected chi connectivity index (χ1v) is 10.4. The molecule has 0 saturated heterocycles. The van der Waals surface area contributed by atoms with Gasteiger partial charge in [-0.3, -0.25) is 9.59 Å². The largest absolute Gasteiger partial charge is 0.416 e. The molecule has 5 nitrogen and oxygen atoms in total. The van der Waals surface area contributed by atoms with Gasteiger partial charge in [0.2, 0.25) is 5.56 Å². The third-order valence-corrected chi connectivity index (χ3v) is 4.99. The number of Topliss-reactive ketones (excluding diaryl/α,β-unsaturated/α-hetero) is 1. The first kappa shape index (κ1) is 24.8. The molecule has 0 unspecified atom stereocenters. The Hall–Kier alpha value is -3.88. The Labute approximate surface area is 193 Å². The number of nitrogens with one attached hydrogen (secondary N) is 3. The third kappa shape index (κ3) is 7.06. The molecule has 1 fully saturated rings. The van der Waals surface area contributed by atoms with Gasteiger partial charge in [-0.05, 0) is 67.6 Å². The quantitative estimate of drug-likeness (QED) is 0.290. The zero-order valence-corrected chi connectivity index (χ0v) is 18.3. The number of aromatic amines is 1. The van der Waals surface area contributed by atoms with Gasteiger partial charge in [0.15, 0.2) is 5.78 Å². The van der Waals surface area contributed by atoms with Crippen molar-refractivity contribution >= 4 is 17.3 Å². The number of carbonyl (C=O) groups excluding carboxylic acids is 1. The summed E-state index contributed by atoms with van der Waals surface area (Å²) in [6, 6.07) is 13.7. The number of benzene rings is 2. The molecule has 0 spiro atoms. The van der Waals surface area contributed by atoms with Crippen LogP contribution in [-0.4, -0.2) is 10.8 Å². The van der Waals surface area contributed by atoms with E-state index in [2.05, 4.69) is 22.2 Å². The number of hydrogen-bond donors (Lipinski definition) is 3. The number of alkyl halides is 3. The summed E-state index contributed by atoms with van der Waals surface area (Å²) in [6.45, 7) is 5.19. The molecule has 3 N–H and O–H groups in total. The van der Waals surface area contributed by atoms with E-state index in [9.17, 15) is 27.2 Å². The lowest BCUT2D eigenvalue weighted by molar-refractivity contribution is -0.137. The van der Waals surface area contributed by atoms with Crippen LogP contribution in [0.15, 0.2) is 77.9 Å². The predicted octanol–water partition coefficient (Wildman–Crippen LogP) is 6.29. The maximum absolute atomic E-state index is 13.4. The Morgan fingerprint density at radius 3 is 2.26 bits per heavy atom. The number of pyridine rings is 1. The molecular formula is C25H23F4N3O2. The van der Waals surface area contributed by atoms with Crippen LogP contribution in [0, 0.1) is 5.82 Å². The normalized spacial score (nSPS) is 12.9. The van der Waals surface area contributed by atoms with E-state index in [1.165, 1.54) is 31.2 Å². The van der Waals surface area contributed by atoms with Crippen LogP contribution in [0.1, 0.15) is 47.2 Å². The summed E-state index contributed by atoms with van der Waals surface area (Å²) >= 11 is 0. The summed E-state index contributed by atoms with van der Waals surface area (Å²) in [5.41, 5.74) is 1.17. The molecule has 3 aromatic rings. The number of ketones is 1. The second kappa shape index (κ2) is 10.4. The third-order valence-electron chi connectivity index (χ3n) is 4.99. The molecule has 0 amide bonds. The molecular weight excluding hydrogens is 450 g/mol. The molecule has 178 valence electrons. The average molecular weight is 473 g/mol. The van der Waals surface area contributed by atoms with Gasteiger partial charge in [0.05, 0.1) is 5.56 Å². The minimum Gasteiger partial charge on any atom is -0.342 e. The van der Waals surface area contributed by atoms with E-state index >= 15 is 0 Å². The molecule has 4 rings (SSSR count). The molecule has 1 aromatic heterocycles. The Balaban J connectivity index is 0.000000215. The molecule has 2 aromatic carbocycles. The highest BCUT2D eigenvalue weighted by atomic mass is 19.4. The fourth-order valence-electron chi connectivity index (χ4n) is 3.15. The minimum absolute atomic E-state index is 0.187. The summed E-state index contributed by atoms with van der Waals surface area (Å²) in [5, 5.41) is 6.11. The second-order valence-corrected chi connectivity index (χ2v) is 7.79. The minimum atomic E-state index is -4.34. The zero-order valence-electron chi connectivity index (χ0n) is 18.3. The van der Waals surface area contributed by atoms with Crippen LogP contribution in [0.3, 0.4) is 0 Å². The van der Waals surface area contributed by atoms with E-state index in [4.69, 9.17) is 0 Å². The average Bonchev–Trinajstić information content (AvgIpc) is 3.60. The first-order valence-electron chi connectivity index (χ1n) is 10.4. The van der Waals surface area contributed by atoms with Crippen molar-refractivity contribution in [3.05, 3.63) is 106 Å². The topological polar surface area (TPSA) is 74.0 Å². The van der Waals surface area contributed by atoms with Crippen LogP contribution >= 0.6 is 0 Å². The van der Waals surface area contributed by atoms with E-state index in [0.717, 1.165) is 36.2 Å². The highest BCUT2D eigenvalue weighted by Crippen LogP contribution is 2.43.